The molecule has 0 aliphatic carbocycles. The van der Waals surface area contributed by atoms with E-state index in [9.17, 15) is 9.90 Å². The van der Waals surface area contributed by atoms with Crippen LogP contribution in [-0.2, 0) is 4.79 Å². The number of H-pyrrole nitrogens is 1. The van der Waals surface area contributed by atoms with E-state index in [0.717, 1.165) is 23.7 Å². The number of carbonyl (C=O) groups is 1. The highest BCUT2D eigenvalue weighted by Gasteiger charge is 2.15. The van der Waals surface area contributed by atoms with E-state index in [1.165, 1.54) is 32.1 Å². The lowest BCUT2D eigenvalue weighted by Gasteiger charge is -2.04. The molecule has 1 heterocycles. The summed E-state index contributed by atoms with van der Waals surface area (Å²) >= 11 is 0. The molecule has 0 aliphatic rings. The van der Waals surface area contributed by atoms with Crippen LogP contribution in [0.25, 0.3) is 10.9 Å². The molecule has 0 saturated carbocycles. The molecular formula is C18H25NO3. The third kappa shape index (κ3) is 4.52. The average Bonchev–Trinajstić information content (AvgIpc) is 2.82. The highest BCUT2D eigenvalue weighted by molar-refractivity contribution is 5.91. The highest BCUT2D eigenvalue weighted by Crippen LogP contribution is 2.35. The Labute approximate surface area is 131 Å². The van der Waals surface area contributed by atoms with Crippen molar-refractivity contribution in [3.63, 3.8) is 0 Å². The zero-order chi connectivity index (χ0) is 15.8. The van der Waals surface area contributed by atoms with Crippen LogP contribution in [0.1, 0.15) is 58.3 Å². The zero-order valence-electron chi connectivity index (χ0n) is 13.2. The van der Waals surface area contributed by atoms with Crippen LogP contribution in [0.4, 0.5) is 0 Å². The Morgan fingerprint density at radius 2 is 1.77 bits per heavy atom. The lowest BCUT2D eigenvalue weighted by molar-refractivity contribution is -0.134. The van der Waals surface area contributed by atoms with E-state index >= 15 is 0 Å². The molecule has 0 unspecified atom stereocenters. The largest absolute Gasteiger partial charge is 0.492 e. The molecule has 0 atom stereocenters. The van der Waals surface area contributed by atoms with Crippen LogP contribution in [0.15, 0.2) is 24.3 Å². The molecule has 1 aromatic carbocycles. The van der Waals surface area contributed by atoms with Crippen molar-refractivity contribution in [2.75, 3.05) is 0 Å². The van der Waals surface area contributed by atoms with Crippen molar-refractivity contribution in [3.8, 4) is 11.6 Å². The Kier molecular flexibility index (Phi) is 6.31. The second-order valence-corrected chi connectivity index (χ2v) is 5.69. The summed E-state index contributed by atoms with van der Waals surface area (Å²) in [5.74, 6) is -0.133. The van der Waals surface area contributed by atoms with Crippen molar-refractivity contribution in [3.05, 3.63) is 24.3 Å². The minimum absolute atomic E-state index is 0.0888. The fourth-order valence-electron chi connectivity index (χ4n) is 2.60. The lowest BCUT2D eigenvalue weighted by Crippen LogP contribution is -2.07. The number of aromatic nitrogens is 1. The predicted octanol–water partition coefficient (Wildman–Crippen LogP) is 4.92. The number of hydrogen-bond donors (Lipinski definition) is 2. The van der Waals surface area contributed by atoms with Gasteiger partial charge in [0.25, 0.3) is 0 Å². The molecule has 0 aliphatic heterocycles. The summed E-state index contributed by atoms with van der Waals surface area (Å²) in [6.45, 7) is 2.20. The fraction of sp³-hybridized carbons (Fsp3) is 0.500. The molecule has 1 aromatic heterocycles. The van der Waals surface area contributed by atoms with Crippen LogP contribution >= 0.6 is 0 Å². The van der Waals surface area contributed by atoms with Crippen molar-refractivity contribution in [2.45, 2.75) is 58.3 Å². The number of ether oxygens (including phenoxy) is 1. The van der Waals surface area contributed by atoms with Gasteiger partial charge in [-0.25, -0.2) is 0 Å². The van der Waals surface area contributed by atoms with Crippen LogP contribution in [-0.4, -0.2) is 16.1 Å². The SMILES string of the molecule is CCCCCCCCCC(=O)Oc1c(O)[nH]c2ccccc12. The third-order valence-corrected chi connectivity index (χ3v) is 3.84. The summed E-state index contributed by atoms with van der Waals surface area (Å²) in [6, 6.07) is 7.37. The van der Waals surface area contributed by atoms with Gasteiger partial charge in [-0.2, -0.15) is 0 Å². The number of aromatic amines is 1. The van der Waals surface area contributed by atoms with Crippen LogP contribution in [0.3, 0.4) is 0 Å². The first-order valence-corrected chi connectivity index (χ1v) is 8.22. The van der Waals surface area contributed by atoms with Gasteiger partial charge in [-0.3, -0.25) is 4.79 Å². The van der Waals surface area contributed by atoms with Gasteiger partial charge in [-0.15, -0.1) is 0 Å². The summed E-state index contributed by atoms with van der Waals surface area (Å²) < 4.78 is 5.32. The van der Waals surface area contributed by atoms with E-state index < -0.39 is 0 Å². The molecule has 2 aromatic rings. The van der Waals surface area contributed by atoms with Gasteiger partial charge >= 0.3 is 5.97 Å². The average molecular weight is 303 g/mol. The number of benzene rings is 1. The lowest BCUT2D eigenvalue weighted by atomic mass is 10.1. The van der Waals surface area contributed by atoms with Crippen LogP contribution < -0.4 is 4.74 Å². The molecule has 2 N–H and O–H groups in total. The van der Waals surface area contributed by atoms with Crippen LogP contribution in [0.2, 0.25) is 0 Å². The van der Waals surface area contributed by atoms with Gasteiger partial charge in [0, 0.05) is 11.8 Å². The number of unbranched alkanes of at least 4 members (excludes halogenated alkanes) is 6. The van der Waals surface area contributed by atoms with E-state index in [1.54, 1.807) is 0 Å². The second kappa shape index (κ2) is 8.47. The topological polar surface area (TPSA) is 62.3 Å². The predicted molar refractivity (Wildman–Crippen MR) is 88.2 cm³/mol. The maximum atomic E-state index is 11.9. The first-order valence-electron chi connectivity index (χ1n) is 8.22. The number of rotatable bonds is 9. The molecule has 0 saturated heterocycles. The minimum Gasteiger partial charge on any atom is -0.492 e. The Bertz CT molecular complexity index is 603. The van der Waals surface area contributed by atoms with E-state index in [0.29, 0.717) is 6.42 Å². The van der Waals surface area contributed by atoms with Gasteiger partial charge in [0.2, 0.25) is 5.88 Å². The molecule has 120 valence electrons. The van der Waals surface area contributed by atoms with E-state index in [4.69, 9.17) is 4.74 Å². The molecule has 0 radical (unpaired) electrons. The molecular weight excluding hydrogens is 278 g/mol. The Hall–Kier alpha value is -1.97. The molecule has 0 fully saturated rings. The molecule has 4 heteroatoms. The van der Waals surface area contributed by atoms with Gasteiger partial charge in [-0.1, -0.05) is 57.6 Å². The highest BCUT2D eigenvalue weighted by atomic mass is 16.5. The monoisotopic (exact) mass is 303 g/mol. The standard InChI is InChI=1S/C18H25NO3/c1-2-3-4-5-6-7-8-13-16(20)22-17-14-11-9-10-12-15(14)19-18(17)21/h9-12,19,21H,2-8,13H2,1H3. The van der Waals surface area contributed by atoms with Crippen molar-refractivity contribution in [1.82, 2.24) is 4.98 Å². The van der Waals surface area contributed by atoms with Gasteiger partial charge in [0.15, 0.2) is 5.75 Å². The van der Waals surface area contributed by atoms with E-state index in [1.807, 2.05) is 24.3 Å². The summed E-state index contributed by atoms with van der Waals surface area (Å²) in [5.41, 5.74) is 0.763. The number of nitrogens with one attached hydrogen (secondary N) is 1. The number of para-hydroxylation sites is 1. The quantitative estimate of drug-likeness (QED) is 0.510. The molecule has 0 bridgehead atoms. The second-order valence-electron chi connectivity index (χ2n) is 5.69. The number of esters is 1. The smallest absolute Gasteiger partial charge is 0.311 e. The number of hydrogen-bond acceptors (Lipinski definition) is 3. The molecule has 2 rings (SSSR count). The van der Waals surface area contributed by atoms with Crippen molar-refractivity contribution in [1.29, 1.82) is 0 Å². The molecule has 0 spiro atoms. The molecule has 22 heavy (non-hydrogen) atoms. The molecule has 0 amide bonds. The van der Waals surface area contributed by atoms with Gasteiger partial charge in [0.1, 0.15) is 0 Å². The van der Waals surface area contributed by atoms with Crippen molar-refractivity contribution >= 4 is 16.9 Å². The summed E-state index contributed by atoms with van der Waals surface area (Å²) in [5, 5.41) is 10.6. The third-order valence-electron chi connectivity index (χ3n) is 3.84. The van der Waals surface area contributed by atoms with Gasteiger partial charge < -0.3 is 14.8 Å². The van der Waals surface area contributed by atoms with Crippen molar-refractivity contribution in [2.24, 2.45) is 0 Å². The summed E-state index contributed by atoms with van der Waals surface area (Å²) in [7, 11) is 0. The number of carbonyl (C=O) groups excluding carboxylic acids is 1. The van der Waals surface area contributed by atoms with E-state index in [-0.39, 0.29) is 17.6 Å². The number of fused-ring (bicyclic) bond motifs is 1. The van der Waals surface area contributed by atoms with Gasteiger partial charge in [-0.05, 0) is 18.6 Å². The first-order chi connectivity index (χ1) is 10.7. The Morgan fingerprint density at radius 1 is 1.09 bits per heavy atom. The van der Waals surface area contributed by atoms with Crippen LogP contribution in [0, 0.1) is 0 Å². The minimum atomic E-state index is -0.284. The fourth-order valence-corrected chi connectivity index (χ4v) is 2.60. The first kappa shape index (κ1) is 16.4. The number of aromatic hydroxyl groups is 1. The van der Waals surface area contributed by atoms with Crippen LogP contribution in [0.5, 0.6) is 11.6 Å². The van der Waals surface area contributed by atoms with Gasteiger partial charge in [0.05, 0.1) is 5.52 Å². The maximum Gasteiger partial charge on any atom is 0.311 e. The summed E-state index contributed by atoms with van der Waals surface area (Å²) in [6.07, 6.45) is 8.53. The zero-order valence-corrected chi connectivity index (χ0v) is 13.2. The van der Waals surface area contributed by atoms with E-state index in [2.05, 4.69) is 11.9 Å². The molecule has 4 nitrogen and oxygen atoms in total. The summed E-state index contributed by atoms with van der Waals surface area (Å²) in [4.78, 5) is 14.7. The normalized spacial score (nSPS) is 11.0. The van der Waals surface area contributed by atoms with Crippen molar-refractivity contribution < 1.29 is 14.6 Å². The maximum absolute atomic E-state index is 11.9. The Morgan fingerprint density at radius 3 is 2.55 bits per heavy atom. The Balaban J connectivity index is 1.76.